The summed E-state index contributed by atoms with van der Waals surface area (Å²) in [6.45, 7) is 5.84. The van der Waals surface area contributed by atoms with E-state index in [2.05, 4.69) is 15.6 Å². The van der Waals surface area contributed by atoms with E-state index < -0.39 is 17.7 Å². The fraction of sp³-hybridized carbons (Fsp3) is 0.533. The van der Waals surface area contributed by atoms with Crippen molar-refractivity contribution in [3.8, 4) is 5.75 Å². The van der Waals surface area contributed by atoms with Gasteiger partial charge in [-0.1, -0.05) is 20.8 Å². The van der Waals surface area contributed by atoms with Crippen molar-refractivity contribution in [3.63, 3.8) is 0 Å². The van der Waals surface area contributed by atoms with E-state index in [0.717, 1.165) is 5.56 Å². The molecule has 0 spiro atoms. The van der Waals surface area contributed by atoms with E-state index in [1.165, 1.54) is 0 Å². The third-order valence-corrected chi connectivity index (χ3v) is 4.79. The third kappa shape index (κ3) is 2.21. The Morgan fingerprint density at radius 2 is 2.13 bits per heavy atom. The zero-order valence-corrected chi connectivity index (χ0v) is 13.3. The average molecular weight is 320 g/mol. The van der Waals surface area contributed by atoms with Gasteiger partial charge >= 0.3 is 6.03 Å². The number of nitrogens with one attached hydrogen (secondary N) is 1. The number of aromatic nitrogens is 2. The van der Waals surface area contributed by atoms with Gasteiger partial charge in [0.05, 0.1) is 0 Å². The summed E-state index contributed by atoms with van der Waals surface area (Å²) < 4.78 is 10.9. The van der Waals surface area contributed by atoms with Crippen LogP contribution in [0.15, 0.2) is 10.7 Å². The van der Waals surface area contributed by atoms with Crippen LogP contribution in [-0.2, 0) is 0 Å². The minimum absolute atomic E-state index is 0.201. The van der Waals surface area contributed by atoms with Crippen LogP contribution in [0.4, 0.5) is 10.5 Å². The van der Waals surface area contributed by atoms with Crippen molar-refractivity contribution in [2.75, 3.05) is 5.32 Å². The number of anilines is 1. The Morgan fingerprint density at radius 3 is 2.74 bits per heavy atom. The van der Waals surface area contributed by atoms with Gasteiger partial charge in [0.15, 0.2) is 5.52 Å². The van der Waals surface area contributed by atoms with Gasteiger partial charge in [-0.05, 0) is 29.2 Å². The Bertz CT molecular complexity index is 753. The molecule has 3 rings (SSSR count). The van der Waals surface area contributed by atoms with E-state index in [-0.39, 0.29) is 5.92 Å². The minimum Gasteiger partial charge on any atom is -0.482 e. The summed E-state index contributed by atoms with van der Waals surface area (Å²) in [5.41, 5.74) is 6.45. The first-order valence-corrected chi connectivity index (χ1v) is 7.66. The van der Waals surface area contributed by atoms with E-state index in [4.69, 9.17) is 15.1 Å². The molecule has 23 heavy (non-hydrogen) atoms. The van der Waals surface area contributed by atoms with E-state index in [1.54, 1.807) is 6.07 Å². The average Bonchev–Trinajstić information content (AvgIpc) is 2.99. The zero-order valence-electron chi connectivity index (χ0n) is 13.3. The monoisotopic (exact) mass is 320 g/mol. The van der Waals surface area contributed by atoms with Gasteiger partial charge in [0.2, 0.25) is 0 Å². The molecule has 0 aliphatic carbocycles. The second kappa shape index (κ2) is 5.38. The predicted molar refractivity (Wildman–Crippen MR) is 83.4 cm³/mol. The maximum absolute atomic E-state index is 11.4. The summed E-state index contributed by atoms with van der Waals surface area (Å²) >= 11 is 0. The Hall–Kier alpha value is -2.35. The number of aliphatic hydroxyl groups excluding tert-OH is 1. The molecule has 1 aliphatic rings. The first kappa shape index (κ1) is 15.5. The molecule has 124 valence electrons. The van der Waals surface area contributed by atoms with Crippen molar-refractivity contribution in [1.29, 1.82) is 0 Å². The second-order valence-corrected chi connectivity index (χ2v) is 5.90. The number of primary amides is 1. The highest BCUT2D eigenvalue weighted by molar-refractivity contribution is 6.01. The van der Waals surface area contributed by atoms with Gasteiger partial charge in [-0.2, -0.15) is 0 Å². The standard InChI is InChI=1S/C15H20N4O4/c1-4-15(5-2)13(20)7(3)8-6-9-10(19-23-18-9)11(12(8)22-15)17-14(16)21/h6-7,13,20H,4-5H2,1-3H3,(H3,16,17,21). The number of urea groups is 1. The number of fused-ring (bicyclic) bond motifs is 2. The second-order valence-electron chi connectivity index (χ2n) is 5.90. The maximum Gasteiger partial charge on any atom is 0.316 e. The number of carbonyl (C=O) groups excluding carboxylic acids is 1. The van der Waals surface area contributed by atoms with E-state index in [0.29, 0.717) is 35.3 Å². The molecule has 1 aliphatic heterocycles. The van der Waals surface area contributed by atoms with Crippen LogP contribution in [0.25, 0.3) is 11.0 Å². The van der Waals surface area contributed by atoms with Crippen LogP contribution >= 0.6 is 0 Å². The molecule has 0 radical (unpaired) electrons. The van der Waals surface area contributed by atoms with Crippen molar-refractivity contribution >= 4 is 22.8 Å². The van der Waals surface area contributed by atoms with Crippen molar-refractivity contribution in [2.24, 2.45) is 5.73 Å². The van der Waals surface area contributed by atoms with Crippen molar-refractivity contribution in [1.82, 2.24) is 10.3 Å². The molecular formula is C15H20N4O4. The van der Waals surface area contributed by atoms with Crippen LogP contribution < -0.4 is 15.8 Å². The smallest absolute Gasteiger partial charge is 0.316 e. The molecule has 1 aromatic carbocycles. The number of hydrogen-bond donors (Lipinski definition) is 3. The molecule has 0 bridgehead atoms. The number of ether oxygens (including phenoxy) is 1. The van der Waals surface area contributed by atoms with Gasteiger partial charge in [0.1, 0.15) is 28.7 Å². The zero-order chi connectivity index (χ0) is 16.8. The van der Waals surface area contributed by atoms with Crippen LogP contribution in [0.2, 0.25) is 0 Å². The lowest BCUT2D eigenvalue weighted by Crippen LogP contribution is -2.52. The summed E-state index contributed by atoms with van der Waals surface area (Å²) in [5, 5.41) is 20.9. The van der Waals surface area contributed by atoms with Gasteiger partial charge in [-0.15, -0.1) is 0 Å². The molecule has 1 aromatic heterocycles. The Kier molecular flexibility index (Phi) is 3.63. The van der Waals surface area contributed by atoms with E-state index in [9.17, 15) is 9.90 Å². The minimum atomic E-state index is -0.733. The Morgan fingerprint density at radius 1 is 1.43 bits per heavy atom. The summed E-state index contributed by atoms with van der Waals surface area (Å²) in [6, 6.07) is 1.03. The van der Waals surface area contributed by atoms with Crippen molar-refractivity contribution in [2.45, 2.75) is 51.2 Å². The summed E-state index contributed by atoms with van der Waals surface area (Å²) in [7, 11) is 0. The Balaban J connectivity index is 2.27. The largest absolute Gasteiger partial charge is 0.482 e. The molecule has 0 fully saturated rings. The molecule has 8 nitrogen and oxygen atoms in total. The SMILES string of the molecule is CCC1(CC)Oc2c(cc3nonc3c2NC(N)=O)C(C)C1O. The van der Waals surface area contributed by atoms with Crippen molar-refractivity contribution < 1.29 is 19.3 Å². The van der Waals surface area contributed by atoms with Crippen molar-refractivity contribution in [3.05, 3.63) is 11.6 Å². The van der Waals surface area contributed by atoms with E-state index >= 15 is 0 Å². The highest BCUT2D eigenvalue weighted by Gasteiger charge is 2.46. The fourth-order valence-electron chi connectivity index (χ4n) is 3.32. The normalized spacial score (nSPS) is 22.4. The van der Waals surface area contributed by atoms with Crippen LogP contribution in [0, 0.1) is 0 Å². The predicted octanol–water partition coefficient (Wildman–Crippen LogP) is 2.13. The summed E-state index contributed by atoms with van der Waals surface area (Å²) in [4.78, 5) is 11.4. The molecule has 8 heteroatoms. The lowest BCUT2D eigenvalue weighted by molar-refractivity contribution is -0.0833. The van der Waals surface area contributed by atoms with Gasteiger partial charge < -0.3 is 20.9 Å². The quantitative estimate of drug-likeness (QED) is 0.796. The number of hydrogen-bond acceptors (Lipinski definition) is 6. The Labute approximate surface area is 132 Å². The topological polar surface area (TPSA) is 124 Å². The number of amides is 2. The maximum atomic E-state index is 11.4. The molecule has 0 saturated carbocycles. The third-order valence-electron chi connectivity index (χ3n) is 4.79. The lowest BCUT2D eigenvalue weighted by Gasteiger charge is -2.45. The molecule has 4 N–H and O–H groups in total. The first-order chi connectivity index (χ1) is 10.9. The van der Waals surface area contributed by atoms with Gasteiger partial charge in [-0.3, -0.25) is 0 Å². The number of nitrogens with two attached hydrogens (primary N) is 1. The van der Waals surface area contributed by atoms with Crippen LogP contribution in [0.1, 0.15) is 45.1 Å². The number of nitrogens with zero attached hydrogens (tertiary/aromatic N) is 2. The summed E-state index contributed by atoms with van der Waals surface area (Å²) in [5.74, 6) is 0.265. The fourth-order valence-corrected chi connectivity index (χ4v) is 3.32. The molecule has 0 saturated heterocycles. The summed E-state index contributed by atoms with van der Waals surface area (Å²) in [6.07, 6.45) is 0.572. The molecule has 2 aromatic rings. The number of benzene rings is 1. The van der Waals surface area contributed by atoms with Crippen LogP contribution in [0.3, 0.4) is 0 Å². The first-order valence-electron chi connectivity index (χ1n) is 7.66. The van der Waals surface area contributed by atoms with Gasteiger partial charge in [0.25, 0.3) is 0 Å². The number of rotatable bonds is 3. The highest BCUT2D eigenvalue weighted by Crippen LogP contribution is 2.49. The van der Waals surface area contributed by atoms with Gasteiger partial charge in [-0.25, -0.2) is 9.42 Å². The van der Waals surface area contributed by atoms with Crippen LogP contribution in [0.5, 0.6) is 5.75 Å². The van der Waals surface area contributed by atoms with Crippen LogP contribution in [-0.4, -0.2) is 33.2 Å². The lowest BCUT2D eigenvalue weighted by atomic mass is 9.77. The molecule has 2 amide bonds. The number of aliphatic hydroxyl groups is 1. The van der Waals surface area contributed by atoms with E-state index in [1.807, 2.05) is 20.8 Å². The highest BCUT2D eigenvalue weighted by atomic mass is 16.6. The number of carbonyl (C=O) groups is 1. The molecule has 2 atom stereocenters. The molecule has 2 unspecified atom stereocenters. The molecular weight excluding hydrogens is 300 g/mol. The van der Waals surface area contributed by atoms with Gasteiger partial charge in [0, 0.05) is 11.5 Å². The molecule has 2 heterocycles.